The van der Waals surface area contributed by atoms with Gasteiger partial charge in [0.15, 0.2) is 5.78 Å². The van der Waals surface area contributed by atoms with E-state index in [0.717, 1.165) is 35.5 Å². The number of nitrogens with two attached hydrogens (primary N) is 1. The van der Waals surface area contributed by atoms with Crippen LogP contribution in [0.3, 0.4) is 0 Å². The van der Waals surface area contributed by atoms with E-state index in [2.05, 4.69) is 6.07 Å². The molecule has 4 rings (SSSR count). The Kier molecular flexibility index (Phi) is 5.52. The Labute approximate surface area is 181 Å². The van der Waals surface area contributed by atoms with Gasteiger partial charge in [0.05, 0.1) is 24.2 Å². The van der Waals surface area contributed by atoms with Gasteiger partial charge < -0.3 is 10.5 Å². The zero-order valence-electron chi connectivity index (χ0n) is 16.7. The van der Waals surface area contributed by atoms with Crippen molar-refractivity contribution in [1.82, 2.24) is 0 Å². The van der Waals surface area contributed by atoms with Gasteiger partial charge in [-0.3, -0.25) is 9.69 Å². The SMILES string of the molecule is CCOc1ccc(C2C(C#N)=C(N)N(c3ccc(Cl)cc3)C3=C2C(=O)CCC3)cc1. The van der Waals surface area contributed by atoms with Crippen LogP contribution in [0.1, 0.15) is 37.7 Å². The van der Waals surface area contributed by atoms with E-state index in [1.54, 1.807) is 12.1 Å². The number of hydrogen-bond donors (Lipinski definition) is 1. The van der Waals surface area contributed by atoms with Crippen molar-refractivity contribution in [1.29, 1.82) is 5.26 Å². The summed E-state index contributed by atoms with van der Waals surface area (Å²) >= 11 is 6.05. The summed E-state index contributed by atoms with van der Waals surface area (Å²) in [6.45, 7) is 2.50. The Morgan fingerprint density at radius 1 is 1.17 bits per heavy atom. The molecule has 0 radical (unpaired) electrons. The molecular formula is C24H22ClN3O2. The minimum Gasteiger partial charge on any atom is -0.494 e. The number of ether oxygens (including phenoxy) is 1. The second-order valence-electron chi connectivity index (χ2n) is 7.29. The average Bonchev–Trinajstić information content (AvgIpc) is 2.75. The third-order valence-corrected chi connectivity index (χ3v) is 5.77. The van der Waals surface area contributed by atoms with Crippen LogP contribution in [-0.2, 0) is 4.79 Å². The fourth-order valence-corrected chi connectivity index (χ4v) is 4.35. The smallest absolute Gasteiger partial charge is 0.161 e. The van der Waals surface area contributed by atoms with E-state index in [4.69, 9.17) is 22.1 Å². The van der Waals surface area contributed by atoms with Crippen molar-refractivity contribution in [2.75, 3.05) is 11.5 Å². The Bertz CT molecular complexity index is 1080. The third kappa shape index (κ3) is 3.44. The summed E-state index contributed by atoms with van der Waals surface area (Å²) in [5, 5.41) is 10.6. The van der Waals surface area contributed by atoms with E-state index in [-0.39, 0.29) is 5.78 Å². The Balaban J connectivity index is 1.88. The number of halogens is 1. The highest BCUT2D eigenvalue weighted by atomic mass is 35.5. The average molecular weight is 420 g/mol. The van der Waals surface area contributed by atoms with Crippen LogP contribution in [0, 0.1) is 11.3 Å². The van der Waals surface area contributed by atoms with Crippen molar-refractivity contribution in [2.24, 2.45) is 5.73 Å². The monoisotopic (exact) mass is 419 g/mol. The van der Waals surface area contributed by atoms with Gasteiger partial charge in [0.2, 0.25) is 0 Å². The number of rotatable bonds is 4. The van der Waals surface area contributed by atoms with E-state index in [1.807, 2.05) is 48.2 Å². The standard InChI is InChI=1S/C24H22ClN3O2/c1-2-30-18-12-6-15(7-13-18)22-19(14-26)24(27)28(17-10-8-16(25)9-11-17)20-4-3-5-21(29)23(20)22/h6-13,22H,2-5,27H2,1H3. The molecule has 0 saturated heterocycles. The molecule has 0 amide bonds. The van der Waals surface area contributed by atoms with Crippen LogP contribution in [0.25, 0.3) is 0 Å². The highest BCUT2D eigenvalue weighted by Crippen LogP contribution is 2.46. The molecule has 0 saturated carbocycles. The minimum absolute atomic E-state index is 0.0642. The molecule has 5 nitrogen and oxygen atoms in total. The van der Waals surface area contributed by atoms with Crippen LogP contribution in [0.5, 0.6) is 5.75 Å². The van der Waals surface area contributed by atoms with Gasteiger partial charge >= 0.3 is 0 Å². The second kappa shape index (κ2) is 8.25. The summed E-state index contributed by atoms with van der Waals surface area (Å²) in [4.78, 5) is 14.9. The quantitative estimate of drug-likeness (QED) is 0.750. The molecule has 2 aromatic rings. The first kappa shape index (κ1) is 20.1. The number of anilines is 1. The number of benzene rings is 2. The minimum atomic E-state index is -0.475. The van der Waals surface area contributed by atoms with Crippen molar-refractivity contribution in [2.45, 2.75) is 32.1 Å². The van der Waals surface area contributed by atoms with E-state index in [0.29, 0.717) is 35.0 Å². The van der Waals surface area contributed by atoms with Gasteiger partial charge in [-0.15, -0.1) is 0 Å². The van der Waals surface area contributed by atoms with E-state index >= 15 is 0 Å². The zero-order chi connectivity index (χ0) is 21.3. The fraction of sp³-hybridized carbons (Fsp3) is 0.250. The summed E-state index contributed by atoms with van der Waals surface area (Å²) in [6.07, 6.45) is 1.95. The Morgan fingerprint density at radius 3 is 2.50 bits per heavy atom. The van der Waals surface area contributed by atoms with E-state index < -0.39 is 5.92 Å². The van der Waals surface area contributed by atoms with Crippen molar-refractivity contribution in [3.8, 4) is 11.8 Å². The van der Waals surface area contributed by atoms with Crippen LogP contribution in [0.2, 0.25) is 5.02 Å². The molecule has 30 heavy (non-hydrogen) atoms. The first-order valence-electron chi connectivity index (χ1n) is 9.99. The first-order valence-corrected chi connectivity index (χ1v) is 10.4. The maximum atomic E-state index is 13.1. The van der Waals surface area contributed by atoms with Gasteiger partial charge in [-0.2, -0.15) is 5.26 Å². The van der Waals surface area contributed by atoms with Gasteiger partial charge in [0.25, 0.3) is 0 Å². The van der Waals surface area contributed by atoms with E-state index in [1.165, 1.54) is 0 Å². The number of allylic oxidation sites excluding steroid dienone is 3. The molecule has 1 unspecified atom stereocenters. The van der Waals surface area contributed by atoms with E-state index in [9.17, 15) is 10.1 Å². The fourth-order valence-electron chi connectivity index (χ4n) is 4.23. The van der Waals surface area contributed by atoms with Crippen molar-refractivity contribution < 1.29 is 9.53 Å². The normalized spacial score (nSPS) is 18.9. The first-order chi connectivity index (χ1) is 14.5. The predicted octanol–water partition coefficient (Wildman–Crippen LogP) is 5.04. The van der Waals surface area contributed by atoms with Crippen LogP contribution in [-0.4, -0.2) is 12.4 Å². The molecule has 1 aliphatic carbocycles. The van der Waals surface area contributed by atoms with Crippen molar-refractivity contribution in [3.63, 3.8) is 0 Å². The maximum Gasteiger partial charge on any atom is 0.161 e. The molecule has 0 aromatic heterocycles. The Hall–Kier alpha value is -3.23. The second-order valence-corrected chi connectivity index (χ2v) is 7.73. The number of carbonyl (C=O) groups excluding carboxylic acids is 1. The number of ketones is 1. The number of nitriles is 1. The number of nitrogens with zero attached hydrogens (tertiary/aromatic N) is 2. The third-order valence-electron chi connectivity index (χ3n) is 5.52. The van der Waals surface area contributed by atoms with Gasteiger partial charge in [0.1, 0.15) is 11.6 Å². The molecule has 152 valence electrons. The summed E-state index contributed by atoms with van der Waals surface area (Å²) in [5.74, 6) is 0.693. The lowest BCUT2D eigenvalue weighted by atomic mass is 9.75. The molecule has 6 heteroatoms. The number of hydrogen-bond acceptors (Lipinski definition) is 5. The van der Waals surface area contributed by atoms with Gasteiger partial charge in [0, 0.05) is 28.4 Å². The lowest BCUT2D eigenvalue weighted by molar-refractivity contribution is -0.116. The van der Waals surface area contributed by atoms with Gasteiger partial charge in [-0.05, 0) is 61.7 Å². The molecule has 0 spiro atoms. The van der Waals surface area contributed by atoms with Crippen LogP contribution >= 0.6 is 11.6 Å². The molecule has 2 aliphatic rings. The lowest BCUT2D eigenvalue weighted by Gasteiger charge is -2.39. The molecule has 0 fully saturated rings. The van der Waals surface area contributed by atoms with Gasteiger partial charge in [-0.25, -0.2) is 0 Å². The molecule has 1 heterocycles. The molecular weight excluding hydrogens is 398 g/mol. The maximum absolute atomic E-state index is 13.1. The number of carbonyl (C=O) groups is 1. The van der Waals surface area contributed by atoms with Crippen molar-refractivity contribution in [3.05, 3.63) is 81.8 Å². The van der Waals surface area contributed by atoms with Crippen LogP contribution < -0.4 is 15.4 Å². The van der Waals surface area contributed by atoms with Crippen LogP contribution in [0.4, 0.5) is 5.69 Å². The summed E-state index contributed by atoms with van der Waals surface area (Å²) in [5.41, 5.74) is 10.1. The summed E-state index contributed by atoms with van der Waals surface area (Å²) < 4.78 is 5.54. The summed E-state index contributed by atoms with van der Waals surface area (Å²) in [7, 11) is 0. The number of Topliss-reactive ketones (excluding diaryl/α,β-unsaturated/α-hetero) is 1. The largest absolute Gasteiger partial charge is 0.494 e. The molecule has 1 atom stereocenters. The van der Waals surface area contributed by atoms with Crippen LogP contribution in [0.15, 0.2) is 71.2 Å². The zero-order valence-corrected chi connectivity index (χ0v) is 17.4. The summed E-state index contributed by atoms with van der Waals surface area (Å²) in [6, 6.07) is 17.1. The topological polar surface area (TPSA) is 79.3 Å². The highest BCUT2D eigenvalue weighted by Gasteiger charge is 2.40. The molecule has 0 bridgehead atoms. The highest BCUT2D eigenvalue weighted by molar-refractivity contribution is 6.30. The molecule has 2 aromatic carbocycles. The molecule has 2 N–H and O–H groups in total. The molecule has 1 aliphatic heterocycles. The Morgan fingerprint density at radius 2 is 1.87 bits per heavy atom. The predicted molar refractivity (Wildman–Crippen MR) is 117 cm³/mol. The van der Waals surface area contributed by atoms with Gasteiger partial charge in [-0.1, -0.05) is 23.7 Å². The van der Waals surface area contributed by atoms with Crippen molar-refractivity contribution >= 4 is 23.1 Å². The lowest BCUT2D eigenvalue weighted by Crippen LogP contribution is -2.38.